The molecule has 1 heterocycles. The molecule has 1 N–H and O–H groups in total. The van der Waals surface area contributed by atoms with Gasteiger partial charge in [0, 0.05) is 6.04 Å². The maximum Gasteiger partial charge on any atom is 0.138 e. The van der Waals surface area contributed by atoms with Gasteiger partial charge >= 0.3 is 0 Å². The molecule has 0 bridgehead atoms. The molecular weight excluding hydrogens is 224 g/mol. The lowest BCUT2D eigenvalue weighted by Gasteiger charge is -2.29. The molecule has 0 spiro atoms. The summed E-state index contributed by atoms with van der Waals surface area (Å²) in [4.78, 5) is 4.45. The van der Waals surface area contributed by atoms with Gasteiger partial charge < -0.3 is 10.1 Å². The number of pyridine rings is 1. The summed E-state index contributed by atoms with van der Waals surface area (Å²) < 4.78 is 6.05. The summed E-state index contributed by atoms with van der Waals surface area (Å²) in [7, 11) is 1.94. The number of aromatic nitrogens is 1. The van der Waals surface area contributed by atoms with E-state index in [-0.39, 0.29) is 6.04 Å². The lowest BCUT2D eigenvalue weighted by molar-refractivity contribution is 0.102. The summed E-state index contributed by atoms with van der Waals surface area (Å²) in [5, 5.41) is 3.19. The van der Waals surface area contributed by atoms with Crippen LogP contribution in [0.3, 0.4) is 0 Å². The zero-order valence-electron chi connectivity index (χ0n) is 11.6. The van der Waals surface area contributed by atoms with E-state index in [0.29, 0.717) is 12.0 Å². The van der Waals surface area contributed by atoms with E-state index in [1.54, 1.807) is 0 Å². The largest absolute Gasteiger partial charge is 0.489 e. The van der Waals surface area contributed by atoms with Gasteiger partial charge in [0.1, 0.15) is 11.9 Å². The second-order valence-corrected chi connectivity index (χ2v) is 5.35. The molecule has 1 aromatic rings. The fraction of sp³-hybridized carbons (Fsp3) is 0.667. The molecule has 0 amide bonds. The van der Waals surface area contributed by atoms with Crippen LogP contribution >= 0.6 is 0 Å². The van der Waals surface area contributed by atoms with Crippen molar-refractivity contribution in [2.45, 2.75) is 51.7 Å². The predicted octanol–water partition coefficient (Wildman–Crippen LogP) is 3.32. The summed E-state index contributed by atoms with van der Waals surface area (Å²) in [6.45, 7) is 4.39. The second-order valence-electron chi connectivity index (χ2n) is 5.35. The van der Waals surface area contributed by atoms with Crippen molar-refractivity contribution in [3.8, 4) is 5.75 Å². The molecule has 0 aromatic carbocycles. The number of rotatable bonds is 4. The highest BCUT2D eigenvalue weighted by Gasteiger charge is 2.22. The highest BCUT2D eigenvalue weighted by Crippen LogP contribution is 2.28. The van der Waals surface area contributed by atoms with Crippen LogP contribution in [0, 0.1) is 5.92 Å². The maximum absolute atomic E-state index is 6.05. The number of ether oxygens (including phenoxy) is 1. The van der Waals surface area contributed by atoms with Gasteiger partial charge in [-0.1, -0.05) is 13.3 Å². The molecule has 0 aliphatic heterocycles. The Labute approximate surface area is 110 Å². The van der Waals surface area contributed by atoms with Gasteiger partial charge in [-0.3, -0.25) is 4.98 Å². The maximum atomic E-state index is 6.05. The van der Waals surface area contributed by atoms with E-state index in [4.69, 9.17) is 4.74 Å². The summed E-state index contributed by atoms with van der Waals surface area (Å²) >= 11 is 0. The van der Waals surface area contributed by atoms with Gasteiger partial charge in [-0.05, 0) is 51.3 Å². The molecule has 100 valence electrons. The zero-order valence-corrected chi connectivity index (χ0v) is 11.6. The van der Waals surface area contributed by atoms with Gasteiger partial charge in [0.05, 0.1) is 11.9 Å². The molecule has 1 aliphatic rings. The summed E-state index contributed by atoms with van der Waals surface area (Å²) in [5.41, 5.74) is 1.06. The van der Waals surface area contributed by atoms with Crippen LogP contribution in [-0.2, 0) is 0 Å². The van der Waals surface area contributed by atoms with E-state index >= 15 is 0 Å². The van der Waals surface area contributed by atoms with E-state index in [0.717, 1.165) is 11.4 Å². The minimum absolute atomic E-state index is 0.285. The molecule has 0 saturated heterocycles. The third kappa shape index (κ3) is 3.22. The first-order valence-corrected chi connectivity index (χ1v) is 7.00. The average Bonchev–Trinajstić information content (AvgIpc) is 2.41. The number of hydrogen-bond acceptors (Lipinski definition) is 3. The van der Waals surface area contributed by atoms with Crippen LogP contribution in [0.25, 0.3) is 0 Å². The molecule has 1 saturated carbocycles. The third-order valence-electron chi connectivity index (χ3n) is 3.96. The topological polar surface area (TPSA) is 34.1 Å². The van der Waals surface area contributed by atoms with Crippen LogP contribution in [0.1, 0.15) is 51.3 Å². The van der Waals surface area contributed by atoms with E-state index < -0.39 is 0 Å². The van der Waals surface area contributed by atoms with Crippen molar-refractivity contribution < 1.29 is 4.74 Å². The fourth-order valence-electron chi connectivity index (χ4n) is 2.50. The van der Waals surface area contributed by atoms with Gasteiger partial charge in [0.2, 0.25) is 0 Å². The molecule has 1 aromatic heterocycles. The second kappa shape index (κ2) is 6.19. The number of nitrogens with zero attached hydrogens (tertiary/aromatic N) is 1. The Hall–Kier alpha value is -1.09. The van der Waals surface area contributed by atoms with Crippen LogP contribution in [0.5, 0.6) is 5.75 Å². The van der Waals surface area contributed by atoms with Gasteiger partial charge in [0.15, 0.2) is 0 Å². The van der Waals surface area contributed by atoms with Crippen molar-refractivity contribution in [2.24, 2.45) is 5.92 Å². The first-order valence-electron chi connectivity index (χ1n) is 7.00. The molecule has 18 heavy (non-hydrogen) atoms. The Morgan fingerprint density at radius 1 is 1.33 bits per heavy atom. The van der Waals surface area contributed by atoms with E-state index in [1.807, 2.05) is 25.4 Å². The summed E-state index contributed by atoms with van der Waals surface area (Å²) in [6, 6.07) is 4.37. The highest BCUT2D eigenvalue weighted by molar-refractivity contribution is 5.21. The third-order valence-corrected chi connectivity index (χ3v) is 3.96. The van der Waals surface area contributed by atoms with Crippen molar-refractivity contribution in [1.29, 1.82) is 0 Å². The molecule has 1 fully saturated rings. The Balaban J connectivity index is 1.97. The predicted molar refractivity (Wildman–Crippen MR) is 73.8 cm³/mol. The molecule has 1 aliphatic carbocycles. The Bertz CT molecular complexity index is 363. The molecule has 3 nitrogen and oxygen atoms in total. The molecule has 0 radical (unpaired) electrons. The SMILES string of the molecule is CNC(C)c1ccc(OC2CCCCC2C)cn1. The summed E-state index contributed by atoms with van der Waals surface area (Å²) in [6.07, 6.45) is 7.32. The average molecular weight is 248 g/mol. The van der Waals surface area contributed by atoms with Gasteiger partial charge in [-0.25, -0.2) is 0 Å². The van der Waals surface area contributed by atoms with E-state index in [2.05, 4.69) is 24.1 Å². The minimum atomic E-state index is 0.285. The van der Waals surface area contributed by atoms with Gasteiger partial charge in [0.25, 0.3) is 0 Å². The lowest BCUT2D eigenvalue weighted by Crippen LogP contribution is -2.28. The monoisotopic (exact) mass is 248 g/mol. The van der Waals surface area contributed by atoms with Crippen LogP contribution in [0.15, 0.2) is 18.3 Å². The van der Waals surface area contributed by atoms with Crippen molar-refractivity contribution in [1.82, 2.24) is 10.3 Å². The van der Waals surface area contributed by atoms with Crippen LogP contribution < -0.4 is 10.1 Å². The number of nitrogens with one attached hydrogen (secondary N) is 1. The van der Waals surface area contributed by atoms with E-state index in [9.17, 15) is 0 Å². The fourth-order valence-corrected chi connectivity index (χ4v) is 2.50. The molecular formula is C15H24N2O. The van der Waals surface area contributed by atoms with Crippen LogP contribution in [-0.4, -0.2) is 18.1 Å². The van der Waals surface area contributed by atoms with Crippen molar-refractivity contribution >= 4 is 0 Å². The van der Waals surface area contributed by atoms with Crippen molar-refractivity contribution in [3.05, 3.63) is 24.0 Å². The van der Waals surface area contributed by atoms with Gasteiger partial charge in [-0.15, -0.1) is 0 Å². The molecule has 2 rings (SSSR count). The van der Waals surface area contributed by atoms with Crippen molar-refractivity contribution in [2.75, 3.05) is 7.05 Å². The Morgan fingerprint density at radius 2 is 2.11 bits per heavy atom. The molecule has 3 atom stereocenters. The molecule has 3 unspecified atom stereocenters. The van der Waals surface area contributed by atoms with E-state index in [1.165, 1.54) is 25.7 Å². The first-order chi connectivity index (χ1) is 8.70. The van der Waals surface area contributed by atoms with Crippen LogP contribution in [0.4, 0.5) is 0 Å². The summed E-state index contributed by atoms with van der Waals surface area (Å²) in [5.74, 6) is 1.57. The quantitative estimate of drug-likeness (QED) is 0.887. The smallest absolute Gasteiger partial charge is 0.138 e. The van der Waals surface area contributed by atoms with Crippen molar-refractivity contribution in [3.63, 3.8) is 0 Å². The normalized spacial score (nSPS) is 25.7. The lowest BCUT2D eigenvalue weighted by atomic mass is 9.88. The minimum Gasteiger partial charge on any atom is -0.489 e. The Kier molecular flexibility index (Phi) is 4.59. The highest BCUT2D eigenvalue weighted by atomic mass is 16.5. The Morgan fingerprint density at radius 3 is 2.72 bits per heavy atom. The number of hydrogen-bond donors (Lipinski definition) is 1. The first kappa shape index (κ1) is 13.3. The standard InChI is InChI=1S/C15H24N2O/c1-11-6-4-5-7-15(11)18-13-8-9-14(17-10-13)12(2)16-3/h8-12,15-16H,4-7H2,1-3H3. The molecule has 3 heteroatoms. The van der Waals surface area contributed by atoms with Gasteiger partial charge in [-0.2, -0.15) is 0 Å². The zero-order chi connectivity index (χ0) is 13.0. The van der Waals surface area contributed by atoms with Crippen LogP contribution in [0.2, 0.25) is 0 Å².